The first-order valence-electron chi connectivity index (χ1n) is 6.86. The fourth-order valence-corrected chi connectivity index (χ4v) is 2.58. The molecule has 1 saturated heterocycles. The van der Waals surface area contributed by atoms with Crippen LogP contribution in [0.1, 0.15) is 29.8 Å². The molecule has 0 saturated carbocycles. The largest absolute Gasteiger partial charge is 0.371 e. The molecule has 1 aromatic rings. The molecule has 0 aliphatic carbocycles. The minimum Gasteiger partial charge on any atom is -0.371 e. The number of nitrogens with zero attached hydrogens (tertiary/aromatic N) is 2. The summed E-state index contributed by atoms with van der Waals surface area (Å²) in [6.45, 7) is 3.17. The number of anilines is 1. The summed E-state index contributed by atoms with van der Waals surface area (Å²) in [5.74, 6) is 0.340. The van der Waals surface area contributed by atoms with E-state index >= 15 is 0 Å². The van der Waals surface area contributed by atoms with E-state index in [1.54, 1.807) is 12.3 Å². The number of amides is 1. The summed E-state index contributed by atoms with van der Waals surface area (Å²) in [7, 11) is 2.00. The lowest BCUT2D eigenvalue weighted by Gasteiger charge is -2.33. The lowest BCUT2D eigenvalue weighted by molar-refractivity contribution is 0.0995. The number of hydrogen-bond acceptors (Lipinski definition) is 4. The number of nitrogens with two attached hydrogens (primary N) is 1. The highest BCUT2D eigenvalue weighted by molar-refractivity contribution is 5.91. The van der Waals surface area contributed by atoms with Crippen molar-refractivity contribution in [2.45, 2.75) is 19.3 Å². The van der Waals surface area contributed by atoms with E-state index in [1.807, 2.05) is 13.1 Å². The van der Waals surface area contributed by atoms with Crippen LogP contribution in [-0.4, -0.2) is 37.6 Å². The Hall–Kier alpha value is -1.62. The lowest BCUT2D eigenvalue weighted by Crippen LogP contribution is -2.34. The fraction of sp³-hybridized carbons (Fsp3) is 0.571. The Kier molecular flexibility index (Phi) is 4.74. The highest BCUT2D eigenvalue weighted by Crippen LogP contribution is 2.24. The van der Waals surface area contributed by atoms with Gasteiger partial charge in [0.2, 0.25) is 0 Å². The highest BCUT2D eigenvalue weighted by Gasteiger charge is 2.19. The molecule has 0 aromatic carbocycles. The summed E-state index contributed by atoms with van der Waals surface area (Å²) < 4.78 is 0. The Morgan fingerprint density at radius 3 is 2.89 bits per heavy atom. The van der Waals surface area contributed by atoms with Gasteiger partial charge < -0.3 is 16.0 Å². The summed E-state index contributed by atoms with van der Waals surface area (Å²) in [5.41, 5.74) is 6.66. The van der Waals surface area contributed by atoms with Gasteiger partial charge in [0, 0.05) is 25.0 Å². The van der Waals surface area contributed by atoms with Crippen molar-refractivity contribution < 1.29 is 4.79 Å². The molecule has 104 valence electrons. The Labute approximate surface area is 114 Å². The van der Waals surface area contributed by atoms with Crippen LogP contribution in [0.4, 0.5) is 5.69 Å². The van der Waals surface area contributed by atoms with Crippen LogP contribution in [0.2, 0.25) is 0 Å². The summed E-state index contributed by atoms with van der Waals surface area (Å²) in [6.07, 6.45) is 5.31. The molecule has 0 atom stereocenters. The molecule has 0 spiro atoms. The summed E-state index contributed by atoms with van der Waals surface area (Å²) in [4.78, 5) is 17.4. The molecular weight excluding hydrogens is 240 g/mol. The maximum Gasteiger partial charge on any atom is 0.267 e. The zero-order valence-electron chi connectivity index (χ0n) is 11.4. The van der Waals surface area contributed by atoms with E-state index < -0.39 is 5.91 Å². The maximum atomic E-state index is 11.1. The van der Waals surface area contributed by atoms with E-state index in [2.05, 4.69) is 15.2 Å². The predicted molar refractivity (Wildman–Crippen MR) is 76.2 cm³/mol. The summed E-state index contributed by atoms with van der Waals surface area (Å²) in [6, 6.07) is 3.73. The first-order valence-corrected chi connectivity index (χ1v) is 6.86. The monoisotopic (exact) mass is 262 g/mol. The number of aromatic nitrogens is 1. The Morgan fingerprint density at radius 2 is 2.26 bits per heavy atom. The molecule has 1 fully saturated rings. The van der Waals surface area contributed by atoms with Crippen molar-refractivity contribution in [3.05, 3.63) is 24.0 Å². The molecule has 0 bridgehead atoms. The van der Waals surface area contributed by atoms with E-state index in [-0.39, 0.29) is 0 Å². The molecule has 1 aromatic heterocycles. The van der Waals surface area contributed by atoms with Crippen molar-refractivity contribution in [3.8, 4) is 0 Å². The van der Waals surface area contributed by atoms with E-state index in [1.165, 1.54) is 19.3 Å². The van der Waals surface area contributed by atoms with Crippen LogP contribution in [0.25, 0.3) is 0 Å². The number of carbonyl (C=O) groups is 1. The van der Waals surface area contributed by atoms with Gasteiger partial charge in [0.25, 0.3) is 5.91 Å². The first-order chi connectivity index (χ1) is 9.20. The van der Waals surface area contributed by atoms with E-state index in [9.17, 15) is 4.79 Å². The average molecular weight is 262 g/mol. The smallest absolute Gasteiger partial charge is 0.267 e. The fourth-order valence-electron chi connectivity index (χ4n) is 2.58. The van der Waals surface area contributed by atoms with Gasteiger partial charge in [0.05, 0.1) is 0 Å². The van der Waals surface area contributed by atoms with Crippen molar-refractivity contribution >= 4 is 11.6 Å². The van der Waals surface area contributed by atoms with Crippen LogP contribution in [0.5, 0.6) is 0 Å². The Morgan fingerprint density at radius 1 is 1.53 bits per heavy atom. The molecule has 0 radical (unpaired) electrons. The van der Waals surface area contributed by atoms with E-state index in [0.717, 1.165) is 31.2 Å². The number of carbonyl (C=O) groups excluding carboxylic acids is 1. The number of rotatable bonds is 5. The third-order valence-electron chi connectivity index (χ3n) is 3.78. The minimum atomic E-state index is -0.467. The normalized spacial score (nSPS) is 16.6. The number of piperidine rings is 1. The first kappa shape index (κ1) is 13.8. The minimum absolute atomic E-state index is 0.342. The topological polar surface area (TPSA) is 71.2 Å². The van der Waals surface area contributed by atoms with Gasteiger partial charge in [-0.1, -0.05) is 0 Å². The Balaban J connectivity index is 1.94. The zero-order valence-corrected chi connectivity index (χ0v) is 11.4. The number of pyridine rings is 1. The van der Waals surface area contributed by atoms with Gasteiger partial charge in [-0.3, -0.25) is 9.78 Å². The number of primary amides is 1. The second kappa shape index (κ2) is 6.52. The molecule has 19 heavy (non-hydrogen) atoms. The van der Waals surface area contributed by atoms with Crippen LogP contribution >= 0.6 is 0 Å². The second-order valence-electron chi connectivity index (χ2n) is 5.09. The molecule has 0 unspecified atom stereocenters. The zero-order chi connectivity index (χ0) is 13.7. The van der Waals surface area contributed by atoms with Gasteiger partial charge in [-0.25, -0.2) is 0 Å². The second-order valence-corrected chi connectivity index (χ2v) is 5.09. The molecule has 2 heterocycles. The molecule has 2 rings (SSSR count). The number of nitrogens with one attached hydrogen (secondary N) is 1. The molecule has 3 N–H and O–H groups in total. The van der Waals surface area contributed by atoms with Gasteiger partial charge in [0.1, 0.15) is 5.69 Å². The SMILES string of the molecule is CNCCC1CCN(c2ccnc(C(N)=O)c2)CC1. The maximum absolute atomic E-state index is 11.1. The van der Waals surface area contributed by atoms with Gasteiger partial charge in [-0.15, -0.1) is 0 Å². The third-order valence-corrected chi connectivity index (χ3v) is 3.78. The molecule has 1 aliphatic heterocycles. The van der Waals surface area contributed by atoms with Crippen LogP contribution in [0.15, 0.2) is 18.3 Å². The van der Waals surface area contributed by atoms with Gasteiger partial charge in [-0.05, 0) is 50.9 Å². The predicted octanol–water partition coefficient (Wildman–Crippen LogP) is 1.01. The van der Waals surface area contributed by atoms with Crippen LogP contribution < -0.4 is 16.0 Å². The van der Waals surface area contributed by atoms with Gasteiger partial charge in [0.15, 0.2) is 0 Å². The van der Waals surface area contributed by atoms with Crippen molar-refractivity contribution in [3.63, 3.8) is 0 Å². The van der Waals surface area contributed by atoms with Crippen LogP contribution in [0.3, 0.4) is 0 Å². The molecule has 5 nitrogen and oxygen atoms in total. The Bertz CT molecular complexity index is 427. The lowest BCUT2D eigenvalue weighted by atomic mass is 9.93. The molecule has 5 heteroatoms. The van der Waals surface area contributed by atoms with Crippen molar-refractivity contribution in [1.82, 2.24) is 10.3 Å². The van der Waals surface area contributed by atoms with Crippen LogP contribution in [-0.2, 0) is 0 Å². The average Bonchev–Trinajstić information content (AvgIpc) is 2.46. The van der Waals surface area contributed by atoms with Gasteiger partial charge in [-0.2, -0.15) is 0 Å². The van der Waals surface area contributed by atoms with E-state index in [4.69, 9.17) is 5.73 Å². The van der Waals surface area contributed by atoms with Crippen molar-refractivity contribution in [2.24, 2.45) is 11.7 Å². The molecule has 1 amide bonds. The van der Waals surface area contributed by atoms with Crippen LogP contribution in [0, 0.1) is 5.92 Å². The van der Waals surface area contributed by atoms with Crippen molar-refractivity contribution in [1.29, 1.82) is 0 Å². The molecular formula is C14H22N4O. The summed E-state index contributed by atoms with van der Waals surface area (Å²) in [5, 5.41) is 3.20. The third kappa shape index (κ3) is 3.67. The molecule has 1 aliphatic rings. The van der Waals surface area contributed by atoms with E-state index in [0.29, 0.717) is 5.69 Å². The summed E-state index contributed by atoms with van der Waals surface area (Å²) >= 11 is 0. The quantitative estimate of drug-likeness (QED) is 0.830. The standard InChI is InChI=1S/C14H22N4O/c1-16-6-2-11-4-8-18(9-5-11)12-3-7-17-13(10-12)14(15)19/h3,7,10-11,16H,2,4-6,8-9H2,1H3,(H2,15,19). The highest BCUT2D eigenvalue weighted by atomic mass is 16.1. The van der Waals surface area contributed by atoms with Gasteiger partial charge >= 0.3 is 0 Å². The van der Waals surface area contributed by atoms with Crippen molar-refractivity contribution in [2.75, 3.05) is 31.6 Å². The number of hydrogen-bond donors (Lipinski definition) is 2.